The van der Waals surface area contributed by atoms with Gasteiger partial charge in [-0.05, 0) is 30.4 Å². The Hall–Kier alpha value is -1.86. The Morgan fingerprint density at radius 1 is 1.53 bits per heavy atom. The molecule has 1 saturated carbocycles. The molecular weight excluding hydrogens is 240 g/mol. The number of pyridine rings is 1. The van der Waals surface area contributed by atoms with Crippen molar-refractivity contribution in [2.45, 2.75) is 26.2 Å². The molecule has 1 aliphatic rings. The number of hydrogen-bond donors (Lipinski definition) is 2. The van der Waals surface area contributed by atoms with Crippen LogP contribution < -0.4 is 5.32 Å². The van der Waals surface area contributed by atoms with Gasteiger partial charge in [-0.15, -0.1) is 0 Å². The van der Waals surface area contributed by atoms with Crippen LogP contribution in [0.2, 0.25) is 0 Å². The zero-order chi connectivity index (χ0) is 13.7. The number of carbonyl (C=O) groups is 1. The van der Waals surface area contributed by atoms with Gasteiger partial charge in [-0.1, -0.05) is 25.2 Å². The lowest BCUT2D eigenvalue weighted by molar-refractivity contribution is 0.0886. The monoisotopic (exact) mass is 258 g/mol. The lowest BCUT2D eigenvalue weighted by atomic mass is 9.70. The van der Waals surface area contributed by atoms with Gasteiger partial charge in [-0.2, -0.15) is 0 Å². The van der Waals surface area contributed by atoms with Crippen LogP contribution in [0.3, 0.4) is 0 Å². The number of carbonyl (C=O) groups excluding carboxylic acids is 1. The Morgan fingerprint density at radius 2 is 2.32 bits per heavy atom. The van der Waals surface area contributed by atoms with E-state index in [0.717, 1.165) is 0 Å². The van der Waals surface area contributed by atoms with Crippen LogP contribution in [-0.4, -0.2) is 29.1 Å². The molecule has 0 spiro atoms. The topological polar surface area (TPSA) is 62.2 Å². The summed E-state index contributed by atoms with van der Waals surface area (Å²) in [6.07, 6.45) is 5.15. The van der Waals surface area contributed by atoms with Gasteiger partial charge in [0.1, 0.15) is 12.3 Å². The van der Waals surface area contributed by atoms with Crippen LogP contribution in [-0.2, 0) is 0 Å². The Bertz CT molecular complexity index is 507. The van der Waals surface area contributed by atoms with Crippen molar-refractivity contribution >= 4 is 5.91 Å². The van der Waals surface area contributed by atoms with E-state index >= 15 is 0 Å². The fraction of sp³-hybridized carbons (Fsp3) is 0.467. The molecule has 0 atom stereocenters. The first kappa shape index (κ1) is 13.6. The van der Waals surface area contributed by atoms with Crippen molar-refractivity contribution in [1.29, 1.82) is 0 Å². The Labute approximate surface area is 113 Å². The maximum Gasteiger partial charge on any atom is 0.269 e. The molecule has 19 heavy (non-hydrogen) atoms. The molecule has 1 amide bonds. The van der Waals surface area contributed by atoms with Crippen LogP contribution in [0, 0.1) is 17.3 Å². The van der Waals surface area contributed by atoms with Gasteiger partial charge in [0.2, 0.25) is 0 Å². The first-order valence-electron chi connectivity index (χ1n) is 6.47. The van der Waals surface area contributed by atoms with Gasteiger partial charge in [-0.25, -0.2) is 4.98 Å². The number of hydrogen-bond acceptors (Lipinski definition) is 3. The fourth-order valence-electron chi connectivity index (χ4n) is 2.09. The van der Waals surface area contributed by atoms with Crippen molar-refractivity contribution in [1.82, 2.24) is 10.3 Å². The molecule has 0 aliphatic heterocycles. The third kappa shape index (κ3) is 3.55. The summed E-state index contributed by atoms with van der Waals surface area (Å²) in [6.45, 7) is 2.72. The molecule has 2 N–H and O–H groups in total. The maximum absolute atomic E-state index is 11.9. The lowest BCUT2D eigenvalue weighted by Gasteiger charge is -2.38. The predicted octanol–water partition coefficient (Wildman–Crippen LogP) is 1.35. The van der Waals surface area contributed by atoms with Crippen molar-refractivity contribution in [2.75, 3.05) is 13.2 Å². The van der Waals surface area contributed by atoms with Gasteiger partial charge in [-0.3, -0.25) is 4.79 Å². The van der Waals surface area contributed by atoms with E-state index in [0.29, 0.717) is 17.8 Å². The van der Waals surface area contributed by atoms with Crippen molar-refractivity contribution in [3.8, 4) is 11.8 Å². The van der Waals surface area contributed by atoms with Crippen molar-refractivity contribution in [3.63, 3.8) is 0 Å². The molecule has 100 valence electrons. The van der Waals surface area contributed by atoms with Crippen molar-refractivity contribution in [2.24, 2.45) is 5.41 Å². The van der Waals surface area contributed by atoms with E-state index in [9.17, 15) is 4.79 Å². The third-order valence-corrected chi connectivity index (χ3v) is 3.54. The van der Waals surface area contributed by atoms with E-state index in [4.69, 9.17) is 5.11 Å². The molecule has 0 aromatic carbocycles. The smallest absolute Gasteiger partial charge is 0.269 e. The highest BCUT2D eigenvalue weighted by Gasteiger charge is 2.31. The summed E-state index contributed by atoms with van der Waals surface area (Å²) in [7, 11) is 0. The van der Waals surface area contributed by atoms with Gasteiger partial charge in [0.25, 0.3) is 5.91 Å². The summed E-state index contributed by atoms with van der Waals surface area (Å²) in [5.74, 6) is 5.14. The SMILES string of the molecule is CC1(CNC(=O)c2ccc(C#CCO)cn2)CCC1. The lowest BCUT2D eigenvalue weighted by Crippen LogP contribution is -2.40. The molecule has 1 aromatic rings. The molecule has 4 nitrogen and oxygen atoms in total. The van der Waals surface area contributed by atoms with Gasteiger partial charge in [0, 0.05) is 18.3 Å². The average Bonchev–Trinajstić information content (AvgIpc) is 2.41. The fourth-order valence-corrected chi connectivity index (χ4v) is 2.09. The minimum Gasteiger partial charge on any atom is -0.384 e. The highest BCUT2D eigenvalue weighted by Crippen LogP contribution is 2.39. The molecular formula is C15H18N2O2. The summed E-state index contributed by atoms with van der Waals surface area (Å²) >= 11 is 0. The van der Waals surface area contributed by atoms with Gasteiger partial charge >= 0.3 is 0 Å². The summed E-state index contributed by atoms with van der Waals surface area (Å²) in [4.78, 5) is 16.0. The van der Waals surface area contributed by atoms with Crippen LogP contribution in [0.4, 0.5) is 0 Å². The second kappa shape index (κ2) is 5.85. The van der Waals surface area contributed by atoms with Gasteiger partial charge in [0.05, 0.1) is 0 Å². The van der Waals surface area contributed by atoms with E-state index in [2.05, 4.69) is 29.1 Å². The molecule has 1 aromatic heterocycles. The predicted molar refractivity (Wildman–Crippen MR) is 72.5 cm³/mol. The van der Waals surface area contributed by atoms with Gasteiger partial charge < -0.3 is 10.4 Å². The van der Waals surface area contributed by atoms with Crippen LogP contribution in [0.5, 0.6) is 0 Å². The quantitative estimate of drug-likeness (QED) is 0.804. The van der Waals surface area contributed by atoms with E-state index in [1.165, 1.54) is 19.3 Å². The second-order valence-corrected chi connectivity index (χ2v) is 5.24. The van der Waals surface area contributed by atoms with E-state index < -0.39 is 0 Å². The molecule has 0 unspecified atom stereocenters. The number of nitrogens with one attached hydrogen (secondary N) is 1. The average molecular weight is 258 g/mol. The molecule has 0 bridgehead atoms. The number of aliphatic hydroxyl groups excluding tert-OH is 1. The molecule has 0 saturated heterocycles. The van der Waals surface area contributed by atoms with Crippen LogP contribution in [0.1, 0.15) is 42.2 Å². The summed E-state index contributed by atoms with van der Waals surface area (Å²) in [5.41, 5.74) is 1.36. The first-order chi connectivity index (χ1) is 9.13. The summed E-state index contributed by atoms with van der Waals surface area (Å²) < 4.78 is 0. The number of aliphatic hydroxyl groups is 1. The highest BCUT2D eigenvalue weighted by atomic mass is 16.2. The van der Waals surface area contributed by atoms with E-state index in [1.807, 2.05) is 0 Å². The Balaban J connectivity index is 1.92. The number of aromatic nitrogens is 1. The number of amides is 1. The van der Waals surface area contributed by atoms with Crippen LogP contribution in [0.25, 0.3) is 0 Å². The standard InChI is InChI=1S/C15H18N2O2/c1-15(7-3-8-15)11-17-14(19)13-6-5-12(10-16-13)4-2-9-18/h5-6,10,18H,3,7-9,11H2,1H3,(H,17,19). The second-order valence-electron chi connectivity index (χ2n) is 5.24. The zero-order valence-electron chi connectivity index (χ0n) is 11.1. The highest BCUT2D eigenvalue weighted by molar-refractivity contribution is 5.92. The molecule has 2 rings (SSSR count). The van der Waals surface area contributed by atoms with Gasteiger partial charge in [0.15, 0.2) is 0 Å². The third-order valence-electron chi connectivity index (χ3n) is 3.54. The van der Waals surface area contributed by atoms with Crippen molar-refractivity contribution < 1.29 is 9.90 Å². The molecule has 1 heterocycles. The molecule has 1 fully saturated rings. The zero-order valence-corrected chi connectivity index (χ0v) is 11.1. The van der Waals surface area contributed by atoms with Crippen molar-refractivity contribution in [3.05, 3.63) is 29.6 Å². The van der Waals surface area contributed by atoms with E-state index in [1.54, 1.807) is 18.3 Å². The first-order valence-corrected chi connectivity index (χ1v) is 6.47. The number of rotatable bonds is 3. The Morgan fingerprint density at radius 3 is 2.84 bits per heavy atom. The molecule has 1 aliphatic carbocycles. The summed E-state index contributed by atoms with van der Waals surface area (Å²) in [6, 6.07) is 3.38. The largest absolute Gasteiger partial charge is 0.384 e. The minimum absolute atomic E-state index is 0.144. The van der Waals surface area contributed by atoms with E-state index in [-0.39, 0.29) is 17.9 Å². The van der Waals surface area contributed by atoms with Crippen LogP contribution >= 0.6 is 0 Å². The summed E-state index contributed by atoms with van der Waals surface area (Å²) in [5, 5.41) is 11.5. The maximum atomic E-state index is 11.9. The molecule has 0 radical (unpaired) electrons. The van der Waals surface area contributed by atoms with Crippen LogP contribution in [0.15, 0.2) is 18.3 Å². The normalized spacial score (nSPS) is 15.9. The number of nitrogens with zero attached hydrogens (tertiary/aromatic N) is 1. The molecule has 4 heteroatoms. The Kier molecular flexibility index (Phi) is 4.18. The minimum atomic E-state index is -0.180.